The van der Waals surface area contributed by atoms with Crippen LogP contribution in [0.25, 0.3) is 5.65 Å². The zero-order valence-corrected chi connectivity index (χ0v) is 15.0. The van der Waals surface area contributed by atoms with E-state index >= 15 is 0 Å². The smallest absolute Gasteiger partial charge is 0.208 e. The molecule has 3 rings (SSSR count). The molecule has 9 heteroatoms. The Morgan fingerprint density at radius 2 is 2.12 bits per heavy atom. The number of anilines is 1. The summed E-state index contributed by atoms with van der Waals surface area (Å²) in [5.74, 6) is 2.12. The lowest BCUT2D eigenvalue weighted by Gasteiger charge is -2.21. The van der Waals surface area contributed by atoms with Crippen molar-refractivity contribution >= 4 is 21.5 Å². The summed E-state index contributed by atoms with van der Waals surface area (Å²) in [4.78, 5) is 4.41. The fourth-order valence-corrected chi connectivity index (χ4v) is 3.76. The lowest BCUT2D eigenvalue weighted by Crippen LogP contribution is -2.35. The van der Waals surface area contributed by atoms with Crippen LogP contribution < -0.4 is 10.0 Å². The second-order valence-corrected chi connectivity index (χ2v) is 8.58. The lowest BCUT2D eigenvalue weighted by atomic mass is 10.0. The van der Waals surface area contributed by atoms with Gasteiger partial charge in [-0.3, -0.25) is 4.40 Å². The molecule has 0 radical (unpaired) electrons. The molecule has 1 saturated carbocycles. The molecule has 1 fully saturated rings. The zero-order chi connectivity index (χ0) is 17.3. The van der Waals surface area contributed by atoms with Gasteiger partial charge in [-0.15, -0.1) is 10.2 Å². The minimum atomic E-state index is -3.17. The van der Waals surface area contributed by atoms with Crippen LogP contribution in [0.5, 0.6) is 0 Å². The van der Waals surface area contributed by atoms with Crippen LogP contribution in [0.4, 0.5) is 5.82 Å². The number of nitrogens with one attached hydrogen (secondary N) is 2. The molecule has 24 heavy (non-hydrogen) atoms. The largest absolute Gasteiger partial charge is 0.364 e. The first-order valence-electron chi connectivity index (χ1n) is 8.26. The number of sulfonamides is 1. The van der Waals surface area contributed by atoms with Crippen molar-refractivity contribution < 1.29 is 8.42 Å². The molecule has 0 bridgehead atoms. The molecule has 0 aliphatic heterocycles. The Kier molecular flexibility index (Phi) is 4.73. The summed E-state index contributed by atoms with van der Waals surface area (Å²) in [6, 6.07) is 0.178. The number of nitrogens with zero attached hydrogens (tertiary/aromatic N) is 4. The van der Waals surface area contributed by atoms with Crippen molar-refractivity contribution in [3.05, 3.63) is 18.2 Å². The molecule has 2 aromatic rings. The van der Waals surface area contributed by atoms with E-state index in [1.165, 1.54) is 6.26 Å². The van der Waals surface area contributed by atoms with Crippen molar-refractivity contribution in [2.24, 2.45) is 5.92 Å². The average molecular weight is 352 g/mol. The average Bonchev–Trinajstić information content (AvgIpc) is 3.11. The predicted octanol–water partition coefficient (Wildman–Crippen LogP) is 1.38. The Labute approximate surface area is 142 Å². The van der Waals surface area contributed by atoms with Gasteiger partial charge >= 0.3 is 0 Å². The SMILES string of the molecule is CC(C)c1nnc2c(NC3CCCC3CNS(C)(=O)=O)nccn12. The highest BCUT2D eigenvalue weighted by Gasteiger charge is 2.29. The van der Waals surface area contributed by atoms with Gasteiger partial charge in [-0.25, -0.2) is 18.1 Å². The molecule has 2 aromatic heterocycles. The zero-order valence-electron chi connectivity index (χ0n) is 14.2. The molecule has 2 N–H and O–H groups in total. The van der Waals surface area contributed by atoms with E-state index in [1.807, 2.05) is 10.6 Å². The number of hydrogen-bond donors (Lipinski definition) is 2. The third kappa shape index (κ3) is 3.67. The molecule has 2 heterocycles. The molecule has 0 spiro atoms. The second-order valence-electron chi connectivity index (χ2n) is 6.74. The molecule has 132 valence electrons. The monoisotopic (exact) mass is 352 g/mol. The molecule has 0 aromatic carbocycles. The van der Waals surface area contributed by atoms with E-state index in [9.17, 15) is 8.42 Å². The summed E-state index contributed by atoms with van der Waals surface area (Å²) >= 11 is 0. The standard InChI is InChI=1S/C15H24N6O2S/c1-10(2)14-19-20-15-13(16-7-8-21(14)15)18-12-6-4-5-11(12)9-17-24(3,22)23/h7-8,10-12,17H,4-6,9H2,1-3H3,(H,16,18). The van der Waals surface area contributed by atoms with Crippen molar-refractivity contribution in [2.45, 2.75) is 45.1 Å². The van der Waals surface area contributed by atoms with Gasteiger partial charge in [0.25, 0.3) is 0 Å². The van der Waals surface area contributed by atoms with Crippen LogP contribution in [-0.2, 0) is 10.0 Å². The van der Waals surface area contributed by atoms with Crippen LogP contribution in [0.3, 0.4) is 0 Å². The van der Waals surface area contributed by atoms with E-state index in [0.717, 1.165) is 25.1 Å². The Morgan fingerprint density at radius 3 is 2.83 bits per heavy atom. The Morgan fingerprint density at radius 1 is 1.33 bits per heavy atom. The van der Waals surface area contributed by atoms with Crippen molar-refractivity contribution in [3.63, 3.8) is 0 Å². The molecule has 2 unspecified atom stereocenters. The van der Waals surface area contributed by atoms with E-state index < -0.39 is 10.0 Å². The van der Waals surface area contributed by atoms with Gasteiger partial charge in [0.2, 0.25) is 15.7 Å². The molecular formula is C15H24N6O2S. The highest BCUT2D eigenvalue weighted by atomic mass is 32.2. The first-order valence-corrected chi connectivity index (χ1v) is 10.1. The highest BCUT2D eigenvalue weighted by Crippen LogP contribution is 2.29. The van der Waals surface area contributed by atoms with Gasteiger partial charge in [-0.2, -0.15) is 0 Å². The summed E-state index contributed by atoms with van der Waals surface area (Å²) in [5.41, 5.74) is 0.711. The quantitative estimate of drug-likeness (QED) is 0.814. The van der Waals surface area contributed by atoms with E-state index in [-0.39, 0.29) is 17.9 Å². The normalized spacial score (nSPS) is 21.7. The Hall–Kier alpha value is -1.74. The first-order chi connectivity index (χ1) is 11.3. The van der Waals surface area contributed by atoms with Gasteiger partial charge in [0.1, 0.15) is 5.82 Å². The summed E-state index contributed by atoms with van der Waals surface area (Å²) < 4.78 is 27.2. The van der Waals surface area contributed by atoms with Gasteiger partial charge in [-0.1, -0.05) is 20.3 Å². The van der Waals surface area contributed by atoms with Crippen LogP contribution in [-0.4, -0.2) is 46.8 Å². The van der Waals surface area contributed by atoms with Crippen LogP contribution in [0.2, 0.25) is 0 Å². The summed E-state index contributed by atoms with van der Waals surface area (Å²) in [6.45, 7) is 4.60. The van der Waals surface area contributed by atoms with E-state index in [1.54, 1.807) is 6.20 Å². The minimum absolute atomic E-state index is 0.178. The highest BCUT2D eigenvalue weighted by molar-refractivity contribution is 7.88. The first kappa shape index (κ1) is 17.1. The van der Waals surface area contributed by atoms with Gasteiger partial charge < -0.3 is 5.32 Å². The van der Waals surface area contributed by atoms with E-state index in [0.29, 0.717) is 18.0 Å². The van der Waals surface area contributed by atoms with Gasteiger partial charge in [-0.05, 0) is 18.8 Å². The third-order valence-electron chi connectivity index (χ3n) is 4.46. The maximum Gasteiger partial charge on any atom is 0.208 e. The molecule has 1 aliphatic rings. The fourth-order valence-electron chi connectivity index (χ4n) is 3.24. The molecule has 0 saturated heterocycles. The van der Waals surface area contributed by atoms with Gasteiger partial charge in [0.15, 0.2) is 5.82 Å². The number of rotatable bonds is 6. The molecular weight excluding hydrogens is 328 g/mol. The van der Waals surface area contributed by atoms with Gasteiger partial charge in [0, 0.05) is 30.9 Å². The molecule has 0 amide bonds. The van der Waals surface area contributed by atoms with E-state index in [4.69, 9.17) is 0 Å². The molecule has 1 aliphatic carbocycles. The topological polar surface area (TPSA) is 101 Å². The second kappa shape index (κ2) is 6.64. The maximum absolute atomic E-state index is 11.3. The summed E-state index contributed by atoms with van der Waals surface area (Å²) in [7, 11) is -3.17. The molecule has 2 atom stereocenters. The number of aromatic nitrogens is 4. The van der Waals surface area contributed by atoms with Crippen LogP contribution in [0.15, 0.2) is 12.4 Å². The van der Waals surface area contributed by atoms with Crippen LogP contribution in [0, 0.1) is 5.92 Å². The Balaban J connectivity index is 1.79. The van der Waals surface area contributed by atoms with Gasteiger partial charge in [0.05, 0.1) is 6.26 Å². The lowest BCUT2D eigenvalue weighted by molar-refractivity contribution is 0.489. The predicted molar refractivity (Wildman–Crippen MR) is 92.5 cm³/mol. The minimum Gasteiger partial charge on any atom is -0.364 e. The maximum atomic E-state index is 11.3. The van der Waals surface area contributed by atoms with Crippen molar-refractivity contribution in [1.29, 1.82) is 0 Å². The molecule has 8 nitrogen and oxygen atoms in total. The van der Waals surface area contributed by atoms with E-state index in [2.05, 4.69) is 39.1 Å². The van der Waals surface area contributed by atoms with Crippen molar-refractivity contribution in [1.82, 2.24) is 24.3 Å². The number of fused-ring (bicyclic) bond motifs is 1. The summed E-state index contributed by atoms with van der Waals surface area (Å²) in [6.07, 6.45) is 7.85. The number of hydrogen-bond acceptors (Lipinski definition) is 6. The third-order valence-corrected chi connectivity index (χ3v) is 5.15. The van der Waals surface area contributed by atoms with Crippen molar-refractivity contribution in [2.75, 3.05) is 18.1 Å². The summed E-state index contributed by atoms with van der Waals surface area (Å²) in [5, 5.41) is 12.0. The van der Waals surface area contributed by atoms with Crippen LogP contribution >= 0.6 is 0 Å². The van der Waals surface area contributed by atoms with Crippen molar-refractivity contribution in [3.8, 4) is 0 Å². The Bertz CT molecular complexity index is 816. The fraction of sp³-hybridized carbons (Fsp3) is 0.667. The van der Waals surface area contributed by atoms with Crippen LogP contribution in [0.1, 0.15) is 44.9 Å².